The number of carbonyl (C=O) groups is 7. The van der Waals surface area contributed by atoms with Gasteiger partial charge < -0.3 is 108 Å². The van der Waals surface area contributed by atoms with Crippen LogP contribution in [0.2, 0.25) is 0 Å². The van der Waals surface area contributed by atoms with Crippen LogP contribution in [0.25, 0.3) is 33.3 Å². The van der Waals surface area contributed by atoms with E-state index in [-0.39, 0.29) is 75.3 Å². The van der Waals surface area contributed by atoms with Gasteiger partial charge in [0.05, 0.1) is 142 Å². The molecule has 15 atom stereocenters. The summed E-state index contributed by atoms with van der Waals surface area (Å²) >= 11 is 0. The third-order valence-corrected chi connectivity index (χ3v) is 24.0. The number of amides is 3. The normalized spacial score (nSPS) is 26.6. The number of aromatic nitrogens is 6. The molecule has 1 aliphatic carbocycles. The van der Waals surface area contributed by atoms with Gasteiger partial charge in [0, 0.05) is 100 Å². The summed E-state index contributed by atoms with van der Waals surface area (Å²) in [7, 11) is 3.06. The van der Waals surface area contributed by atoms with Crippen molar-refractivity contribution in [3.63, 3.8) is 0 Å². The van der Waals surface area contributed by atoms with Crippen molar-refractivity contribution in [2.75, 3.05) is 145 Å². The Morgan fingerprint density at radius 3 is 2.08 bits per heavy atom. The van der Waals surface area contributed by atoms with E-state index < -0.39 is 120 Å². The molecule has 2 saturated heterocycles. The predicted octanol–water partition coefficient (Wildman–Crippen LogP) is 7.37. The highest BCUT2D eigenvalue weighted by molar-refractivity contribution is 6.39. The highest BCUT2D eigenvalue weighted by atomic mass is 16.6. The van der Waals surface area contributed by atoms with E-state index in [0.29, 0.717) is 186 Å². The lowest BCUT2D eigenvalue weighted by Crippen LogP contribution is -2.61. The second-order valence-electron chi connectivity index (χ2n) is 33.3. The number of aliphatic hydroxyl groups excluding tert-OH is 2. The first-order valence-electron chi connectivity index (χ1n) is 44.1. The van der Waals surface area contributed by atoms with Crippen molar-refractivity contribution >= 4 is 69.1 Å². The molecule has 2 bridgehead atoms. The topological polar surface area (TPSA) is 443 Å². The van der Waals surface area contributed by atoms with Crippen LogP contribution in [0, 0.1) is 29.6 Å². The fourth-order valence-corrected chi connectivity index (χ4v) is 16.7. The molecule has 1 aromatic carbocycles. The molecule has 1 saturated carbocycles. The maximum atomic E-state index is 14.7. The minimum Gasteiger partial charge on any atom is -0.459 e. The van der Waals surface area contributed by atoms with E-state index in [0.717, 1.165) is 44.6 Å². The van der Waals surface area contributed by atoms with Crippen molar-refractivity contribution in [3.8, 4) is 11.3 Å². The third-order valence-electron chi connectivity index (χ3n) is 24.0. The van der Waals surface area contributed by atoms with Gasteiger partial charge in [-0.05, 0) is 136 Å². The predicted molar refractivity (Wildman–Crippen MR) is 462 cm³/mol. The molecule has 0 radical (unpaired) electrons. The van der Waals surface area contributed by atoms with Crippen LogP contribution in [0.5, 0.6) is 0 Å². The Morgan fingerprint density at radius 1 is 0.720 bits per heavy atom. The molecule has 688 valence electrons. The average molecular weight is 1750 g/mol. The van der Waals surface area contributed by atoms with Gasteiger partial charge in [0.1, 0.15) is 59.7 Å². The number of rotatable bonds is 36. The number of cyclic esters (lactones) is 1. The van der Waals surface area contributed by atoms with Gasteiger partial charge >= 0.3 is 12.1 Å². The molecular weight excluding hydrogens is 1620 g/mol. The Kier molecular flexibility index (Phi) is 39.5. The van der Waals surface area contributed by atoms with Gasteiger partial charge in [0.15, 0.2) is 11.4 Å². The smallest absolute Gasteiger partial charge is 0.407 e. The number of piperidine rings is 1. The molecule has 34 heteroatoms. The number of aromatic amines is 1. The Labute approximate surface area is 731 Å². The number of ether oxygens (including phenoxy) is 13. The Balaban J connectivity index is 0.549. The zero-order valence-electron chi connectivity index (χ0n) is 73.7. The van der Waals surface area contributed by atoms with Crippen LogP contribution in [0.15, 0.2) is 96.7 Å². The summed E-state index contributed by atoms with van der Waals surface area (Å²) in [6.07, 6.45) is 12.9. The summed E-state index contributed by atoms with van der Waals surface area (Å²) in [5.41, 5.74) is 20.7. The van der Waals surface area contributed by atoms with Crippen molar-refractivity contribution in [2.45, 2.75) is 205 Å². The number of methoxy groups -OCH3 is 2. The second kappa shape index (κ2) is 50.2. The molecule has 10 rings (SSSR count). The Morgan fingerprint density at radius 2 is 1.40 bits per heavy atom. The third kappa shape index (κ3) is 28.9. The van der Waals surface area contributed by atoms with E-state index in [9.17, 15) is 48.9 Å². The molecule has 3 fully saturated rings. The Bertz CT molecular complexity index is 4440. The lowest BCUT2D eigenvalue weighted by molar-refractivity contribution is -0.265. The van der Waals surface area contributed by atoms with E-state index in [1.807, 2.05) is 72.1 Å². The quantitative estimate of drug-likeness (QED) is 0.00890. The molecule has 125 heavy (non-hydrogen) atoms. The van der Waals surface area contributed by atoms with Crippen LogP contribution < -0.4 is 16.8 Å². The number of hydrogen-bond donors (Lipinski definition) is 7. The molecule has 0 unspecified atom stereocenters. The monoisotopic (exact) mass is 1750 g/mol. The summed E-state index contributed by atoms with van der Waals surface area (Å²) in [5.74, 6) is -8.89. The largest absolute Gasteiger partial charge is 0.459 e. The minimum atomic E-state index is -2.51. The number of esters is 1. The van der Waals surface area contributed by atoms with Crippen molar-refractivity contribution in [2.24, 2.45) is 35.3 Å². The van der Waals surface area contributed by atoms with Crippen LogP contribution in [-0.4, -0.2) is 296 Å². The number of nitrogens with two attached hydrogens (primary N) is 2. The summed E-state index contributed by atoms with van der Waals surface area (Å²) < 4.78 is 76.9. The molecule has 9 N–H and O–H groups in total. The SMILES string of the molecule is CO[C@H]1C[C@@H]2CC[C@@H](C)[C@@](O)(O2)C(=O)C(=O)N2CCCC[C@H]2C(=O)O[C@H]([C@H](N)C[C@@H]2CC[C@@H](OC(=O)NCCOCCOCCOCCOCCOCCOCCOCCOCCC(=O)N3CCc4cc(Cn5nc(-c6cnc7[nH]ccc7c6)c6c(N)ncnc65)ccc4C3)[C@H](OC)C2)CC(=O)[C@H](C)/C=C(\C)[C@@H](O)[C@@H](O)C(=O)[C@H](C)C[C@H](C)/C=C/C=CC=C1C. The molecule has 0 spiro atoms. The summed E-state index contributed by atoms with van der Waals surface area (Å²) in [4.78, 5) is 117. The van der Waals surface area contributed by atoms with Crippen molar-refractivity contribution in [1.82, 2.24) is 44.8 Å². The maximum Gasteiger partial charge on any atom is 0.407 e. The van der Waals surface area contributed by atoms with E-state index in [1.54, 1.807) is 34.1 Å². The number of nitrogen functional groups attached to an aromatic ring is 1. The first kappa shape index (κ1) is 98.5. The molecule has 5 aromatic rings. The number of fused-ring (bicyclic) bond motifs is 6. The minimum absolute atomic E-state index is 0.00157. The van der Waals surface area contributed by atoms with Gasteiger partial charge in [-0.1, -0.05) is 82.4 Å². The number of pyridine rings is 1. The van der Waals surface area contributed by atoms with Crippen LogP contribution in [0.1, 0.15) is 142 Å². The highest BCUT2D eigenvalue weighted by Crippen LogP contribution is 2.39. The molecular formula is C91H131N11O23. The first-order chi connectivity index (χ1) is 60.3. The molecule has 4 aliphatic heterocycles. The number of nitrogens with zero attached hydrogens (tertiary/aromatic N) is 7. The Hall–Kier alpha value is -8.69. The highest BCUT2D eigenvalue weighted by Gasteiger charge is 2.53. The van der Waals surface area contributed by atoms with E-state index in [2.05, 4.69) is 43.5 Å². The number of carbonyl (C=O) groups excluding carboxylic acids is 7. The number of Topliss-reactive ketones (excluding diaryl/α,β-unsaturated/α-hetero) is 3. The van der Waals surface area contributed by atoms with Crippen molar-refractivity contribution < 1.29 is 110 Å². The summed E-state index contributed by atoms with van der Waals surface area (Å²) in [6.45, 7) is 17.8. The van der Waals surface area contributed by atoms with Gasteiger partial charge in [-0.3, -0.25) is 24.0 Å². The summed E-state index contributed by atoms with van der Waals surface area (Å²) in [6, 6.07) is 8.08. The fourth-order valence-electron chi connectivity index (χ4n) is 16.7. The van der Waals surface area contributed by atoms with E-state index >= 15 is 0 Å². The number of H-pyrrole nitrogens is 1. The fraction of sp³-hybridized carbons (Fsp3) is 0.637. The maximum absolute atomic E-state index is 14.7. The zero-order chi connectivity index (χ0) is 89.4. The van der Waals surface area contributed by atoms with Gasteiger partial charge in [0.2, 0.25) is 11.7 Å². The summed E-state index contributed by atoms with van der Waals surface area (Å²) in [5, 5.41) is 43.9. The number of anilines is 1. The number of hydrogen-bond acceptors (Lipinski definition) is 29. The standard InChI is InChI=1S/C91H131N11O23/c1-58-14-10-9-11-15-59(2)75(113-7)52-70-21-17-63(6)91(112,125-70)84(108)88(109)101-28-13-12-16-72(101)89(110)123-76(53-73(103)60(3)47-62(5)82(106)83(107)81(105)61(4)46-58)71(92)49-64-19-22-74(77(50-64)114-8)124-90(111)95-27-31-116-33-35-118-37-39-120-41-43-122-45-44-121-42-40-119-38-36-117-34-32-115-30-25-78(104)100-29-24-66-48-65(18-20-68(66)56-100)55-102-87-79(85(93)97-57-98-87)80(99-102)69-51-67-23-26-94-86(67)96-54-69/h9-11,14-15,18,20,23,26,47-48,51,54,57-58,60-61,63-64,70-72,74-77,82-83,106-107,112H,12-13,16-17,19,21-22,24-25,27-46,49-50,52-53,55-56,92H2,1-8H3,(H,94,96)(H,95,111)(H2,93,97,98)/b11-9?,14-10+,59-15?,62-47+/t58-,60-,61-,63-,64+,70+,71-,72+,74-,75+,76+,77-,82-,83+,91-/m1/s1. The van der Waals surface area contributed by atoms with Crippen molar-refractivity contribution in [1.29, 1.82) is 0 Å². The first-order valence-corrected chi connectivity index (χ1v) is 44.1. The van der Waals surface area contributed by atoms with Crippen LogP contribution in [-0.2, 0) is 110 Å². The molecule has 5 aliphatic rings. The van der Waals surface area contributed by atoms with Crippen LogP contribution in [0.3, 0.4) is 0 Å². The number of aliphatic hydroxyl groups is 3. The van der Waals surface area contributed by atoms with Gasteiger partial charge in [-0.15, -0.1) is 0 Å². The van der Waals surface area contributed by atoms with Crippen LogP contribution >= 0.6 is 0 Å². The lowest BCUT2D eigenvalue weighted by Gasteiger charge is -2.42. The van der Waals surface area contributed by atoms with Crippen molar-refractivity contribution in [3.05, 3.63) is 113 Å². The van der Waals surface area contributed by atoms with Gasteiger partial charge in [0.25, 0.3) is 11.7 Å². The molecule has 4 aromatic heterocycles. The van der Waals surface area contributed by atoms with E-state index in [1.165, 1.54) is 32.0 Å². The number of allylic oxidation sites excluding steroid dienone is 6. The zero-order valence-corrected chi connectivity index (χ0v) is 73.7. The van der Waals surface area contributed by atoms with Gasteiger partial charge in [-0.2, -0.15) is 5.10 Å². The van der Waals surface area contributed by atoms with Crippen LogP contribution in [0.4, 0.5) is 10.6 Å². The van der Waals surface area contributed by atoms with Gasteiger partial charge in [-0.25, -0.2) is 29.2 Å². The number of benzene rings is 1. The molecule has 3 amide bonds. The lowest BCUT2D eigenvalue weighted by atomic mass is 9.80. The number of ketones is 3. The molecule has 34 nitrogen and oxygen atoms in total. The average Bonchev–Trinajstić information content (AvgIpc) is 1.71. The second-order valence-corrected chi connectivity index (χ2v) is 33.3. The number of alkyl carbamates (subject to hydrolysis) is 1. The molecule has 8 heterocycles. The van der Waals surface area contributed by atoms with E-state index in [4.69, 9.17) is 78.1 Å². The number of nitrogens with one attached hydrogen (secondary N) is 2.